The third-order valence-electron chi connectivity index (χ3n) is 4.89. The highest BCUT2D eigenvalue weighted by molar-refractivity contribution is 5.91. The van der Waals surface area contributed by atoms with E-state index in [2.05, 4.69) is 20.8 Å². The van der Waals surface area contributed by atoms with Crippen LogP contribution >= 0.6 is 0 Å². The van der Waals surface area contributed by atoms with Gasteiger partial charge in [0.2, 0.25) is 0 Å². The van der Waals surface area contributed by atoms with E-state index in [1.54, 1.807) is 13.8 Å². The van der Waals surface area contributed by atoms with Crippen LogP contribution in [0.3, 0.4) is 0 Å². The van der Waals surface area contributed by atoms with Gasteiger partial charge in [-0.25, -0.2) is 4.79 Å². The van der Waals surface area contributed by atoms with E-state index in [1.165, 1.54) is 0 Å². The SMILES string of the molecule is CCOC(=O)CC1=C(C(=O)OCC)C(C)C(C)C(C)C1C. The van der Waals surface area contributed by atoms with Gasteiger partial charge in [0, 0.05) is 5.57 Å². The molecule has 0 aliphatic heterocycles. The largest absolute Gasteiger partial charge is 0.466 e. The Bertz CT molecular complexity index is 425. The Morgan fingerprint density at radius 1 is 0.905 bits per heavy atom. The number of hydrogen-bond acceptors (Lipinski definition) is 4. The van der Waals surface area contributed by atoms with Gasteiger partial charge in [-0.2, -0.15) is 0 Å². The molecule has 1 aliphatic carbocycles. The predicted molar refractivity (Wildman–Crippen MR) is 81.6 cm³/mol. The minimum atomic E-state index is -0.283. The topological polar surface area (TPSA) is 52.6 Å². The molecule has 21 heavy (non-hydrogen) atoms. The molecular weight excluding hydrogens is 268 g/mol. The Kier molecular flexibility index (Phi) is 6.43. The van der Waals surface area contributed by atoms with E-state index in [1.807, 2.05) is 6.92 Å². The van der Waals surface area contributed by atoms with Crippen LogP contribution in [-0.4, -0.2) is 25.2 Å². The molecule has 4 nitrogen and oxygen atoms in total. The first-order valence-corrected chi connectivity index (χ1v) is 7.90. The number of carbonyl (C=O) groups excluding carboxylic acids is 2. The number of rotatable bonds is 5. The Labute approximate surface area is 127 Å². The van der Waals surface area contributed by atoms with Crippen LogP contribution < -0.4 is 0 Å². The molecule has 0 aromatic rings. The zero-order valence-electron chi connectivity index (χ0n) is 14.1. The molecule has 0 aromatic carbocycles. The van der Waals surface area contributed by atoms with Crippen molar-refractivity contribution in [1.29, 1.82) is 0 Å². The molecule has 0 saturated heterocycles. The van der Waals surface area contributed by atoms with Crippen molar-refractivity contribution in [2.45, 2.75) is 48.0 Å². The molecule has 0 N–H and O–H groups in total. The van der Waals surface area contributed by atoms with E-state index in [0.717, 1.165) is 5.57 Å². The molecule has 0 saturated carbocycles. The molecule has 4 unspecified atom stereocenters. The average molecular weight is 296 g/mol. The van der Waals surface area contributed by atoms with Gasteiger partial charge in [-0.05, 0) is 43.1 Å². The maximum absolute atomic E-state index is 12.3. The summed E-state index contributed by atoms with van der Waals surface area (Å²) in [6.45, 7) is 12.8. The summed E-state index contributed by atoms with van der Waals surface area (Å²) >= 11 is 0. The number of ether oxygens (including phenoxy) is 2. The summed E-state index contributed by atoms with van der Waals surface area (Å²) in [5.74, 6) is 0.526. The monoisotopic (exact) mass is 296 g/mol. The molecule has 1 aliphatic rings. The first-order chi connectivity index (χ1) is 9.84. The summed E-state index contributed by atoms with van der Waals surface area (Å²) in [6, 6.07) is 0. The van der Waals surface area contributed by atoms with Crippen LogP contribution in [0.4, 0.5) is 0 Å². The van der Waals surface area contributed by atoms with Crippen molar-refractivity contribution >= 4 is 11.9 Å². The lowest BCUT2D eigenvalue weighted by Gasteiger charge is -2.39. The average Bonchev–Trinajstić information content (AvgIpc) is 2.43. The van der Waals surface area contributed by atoms with Crippen LogP contribution in [0.25, 0.3) is 0 Å². The van der Waals surface area contributed by atoms with E-state index in [0.29, 0.717) is 30.6 Å². The van der Waals surface area contributed by atoms with Crippen molar-refractivity contribution in [3.05, 3.63) is 11.1 Å². The van der Waals surface area contributed by atoms with Crippen LogP contribution in [0.2, 0.25) is 0 Å². The zero-order valence-corrected chi connectivity index (χ0v) is 14.1. The molecule has 0 fully saturated rings. The molecule has 4 heteroatoms. The first-order valence-electron chi connectivity index (χ1n) is 7.90. The van der Waals surface area contributed by atoms with Crippen molar-refractivity contribution in [2.24, 2.45) is 23.7 Å². The maximum Gasteiger partial charge on any atom is 0.334 e. The molecule has 0 aromatic heterocycles. The minimum Gasteiger partial charge on any atom is -0.466 e. The van der Waals surface area contributed by atoms with Crippen LogP contribution in [-0.2, 0) is 19.1 Å². The molecule has 0 heterocycles. The van der Waals surface area contributed by atoms with E-state index < -0.39 is 0 Å². The molecule has 0 radical (unpaired) electrons. The van der Waals surface area contributed by atoms with Crippen LogP contribution in [0.15, 0.2) is 11.1 Å². The van der Waals surface area contributed by atoms with Gasteiger partial charge in [0.1, 0.15) is 0 Å². The van der Waals surface area contributed by atoms with Crippen molar-refractivity contribution in [2.75, 3.05) is 13.2 Å². The molecule has 0 spiro atoms. The zero-order chi connectivity index (χ0) is 16.2. The summed E-state index contributed by atoms with van der Waals surface area (Å²) in [5.41, 5.74) is 1.58. The van der Waals surface area contributed by atoms with Gasteiger partial charge < -0.3 is 9.47 Å². The highest BCUT2D eigenvalue weighted by Crippen LogP contribution is 2.43. The van der Waals surface area contributed by atoms with E-state index >= 15 is 0 Å². The van der Waals surface area contributed by atoms with E-state index in [-0.39, 0.29) is 30.2 Å². The van der Waals surface area contributed by atoms with Crippen molar-refractivity contribution < 1.29 is 19.1 Å². The van der Waals surface area contributed by atoms with Gasteiger partial charge in [-0.1, -0.05) is 27.7 Å². The van der Waals surface area contributed by atoms with Crippen molar-refractivity contribution in [3.8, 4) is 0 Å². The Hall–Kier alpha value is -1.32. The lowest BCUT2D eigenvalue weighted by molar-refractivity contribution is -0.142. The molecule has 0 amide bonds. The predicted octanol–water partition coefficient (Wildman–Crippen LogP) is 3.36. The fourth-order valence-corrected chi connectivity index (χ4v) is 3.18. The summed E-state index contributed by atoms with van der Waals surface area (Å²) in [7, 11) is 0. The van der Waals surface area contributed by atoms with Crippen molar-refractivity contribution in [3.63, 3.8) is 0 Å². The van der Waals surface area contributed by atoms with E-state index in [4.69, 9.17) is 9.47 Å². The summed E-state index contributed by atoms with van der Waals surface area (Å²) < 4.78 is 10.3. The van der Waals surface area contributed by atoms with Gasteiger partial charge in [-0.3, -0.25) is 4.79 Å². The molecular formula is C17H28O4. The number of hydrogen-bond donors (Lipinski definition) is 0. The second-order valence-corrected chi connectivity index (χ2v) is 5.94. The van der Waals surface area contributed by atoms with Crippen LogP contribution in [0.1, 0.15) is 48.0 Å². The molecule has 120 valence electrons. The molecule has 0 bridgehead atoms. The van der Waals surface area contributed by atoms with Gasteiger partial charge in [0.05, 0.1) is 19.6 Å². The van der Waals surface area contributed by atoms with Crippen LogP contribution in [0.5, 0.6) is 0 Å². The smallest absolute Gasteiger partial charge is 0.334 e. The van der Waals surface area contributed by atoms with E-state index in [9.17, 15) is 9.59 Å². The molecule has 1 rings (SSSR count). The minimum absolute atomic E-state index is 0.0969. The first kappa shape index (κ1) is 17.7. The number of esters is 2. The number of carbonyl (C=O) groups is 2. The summed E-state index contributed by atoms with van der Waals surface area (Å²) in [6.07, 6.45) is 0.185. The highest BCUT2D eigenvalue weighted by Gasteiger charge is 2.39. The fraction of sp³-hybridized carbons (Fsp3) is 0.765. The molecule has 4 atom stereocenters. The third kappa shape index (κ3) is 3.86. The van der Waals surface area contributed by atoms with Crippen molar-refractivity contribution in [1.82, 2.24) is 0 Å². The lowest BCUT2D eigenvalue weighted by atomic mass is 9.65. The van der Waals surface area contributed by atoms with Gasteiger partial charge in [0.15, 0.2) is 0 Å². The fourth-order valence-electron chi connectivity index (χ4n) is 3.18. The maximum atomic E-state index is 12.3. The Morgan fingerprint density at radius 3 is 1.95 bits per heavy atom. The van der Waals surface area contributed by atoms with Gasteiger partial charge in [-0.15, -0.1) is 0 Å². The second kappa shape index (κ2) is 7.62. The third-order valence-corrected chi connectivity index (χ3v) is 4.89. The van der Waals surface area contributed by atoms with Gasteiger partial charge >= 0.3 is 11.9 Å². The second-order valence-electron chi connectivity index (χ2n) is 5.94. The lowest BCUT2D eigenvalue weighted by Crippen LogP contribution is -2.35. The highest BCUT2D eigenvalue weighted by atomic mass is 16.5. The van der Waals surface area contributed by atoms with Gasteiger partial charge in [0.25, 0.3) is 0 Å². The summed E-state index contributed by atoms with van der Waals surface area (Å²) in [4.78, 5) is 24.2. The standard InChI is InChI=1S/C17H28O4/c1-7-20-15(18)9-14-12(5)10(3)11(4)13(6)16(14)17(19)21-8-2/h10-13H,7-9H2,1-6H3. The Morgan fingerprint density at radius 2 is 1.43 bits per heavy atom. The summed E-state index contributed by atoms with van der Waals surface area (Å²) in [5, 5.41) is 0. The Balaban J connectivity index is 3.20. The van der Waals surface area contributed by atoms with Crippen LogP contribution in [0, 0.1) is 23.7 Å². The quantitative estimate of drug-likeness (QED) is 0.730. The normalized spacial score (nSPS) is 29.2.